The number of carbonyl (C=O) groups excluding carboxylic acids is 1. The molecule has 0 amide bonds. The van der Waals surface area contributed by atoms with Crippen molar-refractivity contribution in [3.8, 4) is 0 Å². The zero-order valence-corrected chi connectivity index (χ0v) is 16.1. The maximum Gasteiger partial charge on any atom is 0.308 e. The van der Waals surface area contributed by atoms with Crippen LogP contribution in [0, 0.1) is 5.92 Å². The molecule has 1 N–H and O–H groups in total. The number of rotatable bonds is 17. The summed E-state index contributed by atoms with van der Waals surface area (Å²) in [6.45, 7) is 4.19. The van der Waals surface area contributed by atoms with Crippen LogP contribution in [0.25, 0.3) is 0 Å². The standard InChI is InChI=1S/C21H40O3/c1-3-4-5-6-7-8-9-10-11-12-13-14-15-16-17-20(2)21(23)24-19-18-22/h10-11,20,22H,3-9,12-19H2,1-2H3. The zero-order valence-electron chi connectivity index (χ0n) is 16.1. The number of carbonyl (C=O) groups is 1. The van der Waals surface area contributed by atoms with E-state index < -0.39 is 0 Å². The van der Waals surface area contributed by atoms with Crippen LogP contribution in [-0.4, -0.2) is 24.3 Å². The van der Waals surface area contributed by atoms with Crippen LogP contribution in [-0.2, 0) is 9.53 Å². The van der Waals surface area contributed by atoms with Crippen LogP contribution >= 0.6 is 0 Å². The average Bonchev–Trinajstić information content (AvgIpc) is 2.59. The van der Waals surface area contributed by atoms with Gasteiger partial charge in [0, 0.05) is 0 Å². The maximum absolute atomic E-state index is 11.5. The minimum Gasteiger partial charge on any atom is -0.463 e. The molecule has 1 atom stereocenters. The van der Waals surface area contributed by atoms with Crippen molar-refractivity contribution < 1.29 is 14.6 Å². The van der Waals surface area contributed by atoms with E-state index in [0.717, 1.165) is 12.8 Å². The first-order valence-corrected chi connectivity index (χ1v) is 10.1. The highest BCUT2D eigenvalue weighted by molar-refractivity contribution is 5.71. The number of allylic oxidation sites excluding steroid dienone is 2. The quantitative estimate of drug-likeness (QED) is 0.207. The Morgan fingerprint density at radius 2 is 1.46 bits per heavy atom. The van der Waals surface area contributed by atoms with E-state index in [4.69, 9.17) is 9.84 Å². The molecule has 0 saturated carbocycles. The number of aliphatic hydroxyl groups excluding tert-OH is 1. The molecule has 0 radical (unpaired) electrons. The van der Waals surface area contributed by atoms with E-state index in [1.807, 2.05) is 6.92 Å². The molecule has 0 fully saturated rings. The molecular weight excluding hydrogens is 300 g/mol. The smallest absolute Gasteiger partial charge is 0.308 e. The molecule has 3 heteroatoms. The Morgan fingerprint density at radius 3 is 2.04 bits per heavy atom. The van der Waals surface area contributed by atoms with Gasteiger partial charge in [0.1, 0.15) is 6.61 Å². The van der Waals surface area contributed by atoms with Gasteiger partial charge in [0.15, 0.2) is 0 Å². The summed E-state index contributed by atoms with van der Waals surface area (Å²) < 4.78 is 4.92. The number of ether oxygens (including phenoxy) is 1. The summed E-state index contributed by atoms with van der Waals surface area (Å²) in [5.41, 5.74) is 0. The van der Waals surface area contributed by atoms with E-state index in [9.17, 15) is 4.79 Å². The Morgan fingerprint density at radius 1 is 0.917 bits per heavy atom. The molecule has 0 rings (SSSR count). The normalized spacial score (nSPS) is 12.6. The lowest BCUT2D eigenvalue weighted by Crippen LogP contribution is -2.16. The van der Waals surface area contributed by atoms with Crippen LogP contribution in [0.1, 0.15) is 97.3 Å². The highest BCUT2D eigenvalue weighted by atomic mass is 16.5. The molecule has 142 valence electrons. The predicted octanol–water partition coefficient (Wildman–Crippen LogP) is 5.81. The molecule has 0 aliphatic rings. The molecule has 0 bridgehead atoms. The van der Waals surface area contributed by atoms with E-state index in [0.29, 0.717) is 0 Å². The van der Waals surface area contributed by atoms with Gasteiger partial charge in [0.05, 0.1) is 12.5 Å². The van der Waals surface area contributed by atoms with E-state index in [2.05, 4.69) is 19.1 Å². The summed E-state index contributed by atoms with van der Waals surface area (Å²) in [5, 5.41) is 8.62. The number of hydrogen-bond acceptors (Lipinski definition) is 3. The van der Waals surface area contributed by atoms with E-state index in [1.165, 1.54) is 70.6 Å². The van der Waals surface area contributed by atoms with Gasteiger partial charge in [-0.3, -0.25) is 4.79 Å². The fourth-order valence-corrected chi connectivity index (χ4v) is 2.75. The summed E-state index contributed by atoms with van der Waals surface area (Å²) in [4.78, 5) is 11.5. The minimum absolute atomic E-state index is 0.0474. The van der Waals surface area contributed by atoms with Crippen LogP contribution < -0.4 is 0 Å². The van der Waals surface area contributed by atoms with Gasteiger partial charge in [-0.2, -0.15) is 0 Å². The second-order valence-electron chi connectivity index (χ2n) is 6.81. The van der Waals surface area contributed by atoms with Gasteiger partial charge < -0.3 is 9.84 Å². The summed E-state index contributed by atoms with van der Waals surface area (Å²) in [6, 6.07) is 0. The largest absolute Gasteiger partial charge is 0.463 e. The first kappa shape index (κ1) is 23.2. The number of hydrogen-bond donors (Lipinski definition) is 1. The fourth-order valence-electron chi connectivity index (χ4n) is 2.75. The first-order valence-electron chi connectivity index (χ1n) is 10.1. The molecule has 24 heavy (non-hydrogen) atoms. The molecule has 0 aromatic carbocycles. The highest BCUT2D eigenvalue weighted by Gasteiger charge is 2.13. The third-order valence-electron chi connectivity index (χ3n) is 4.39. The van der Waals surface area contributed by atoms with Crippen LogP contribution in [0.3, 0.4) is 0 Å². The second-order valence-corrected chi connectivity index (χ2v) is 6.81. The average molecular weight is 341 g/mol. The van der Waals surface area contributed by atoms with Crippen molar-refractivity contribution in [1.29, 1.82) is 0 Å². The Hall–Kier alpha value is -0.830. The molecule has 3 nitrogen and oxygen atoms in total. The summed E-state index contributed by atoms with van der Waals surface area (Å²) >= 11 is 0. The SMILES string of the molecule is CCCCCCCCC=CCCCCCCC(C)C(=O)OCCO. The Kier molecular flexibility index (Phi) is 17.9. The molecule has 0 aromatic rings. The lowest BCUT2D eigenvalue weighted by atomic mass is 10.0. The van der Waals surface area contributed by atoms with Crippen LogP contribution in [0.4, 0.5) is 0 Å². The van der Waals surface area contributed by atoms with Crippen molar-refractivity contribution in [1.82, 2.24) is 0 Å². The van der Waals surface area contributed by atoms with Gasteiger partial charge >= 0.3 is 5.97 Å². The lowest BCUT2D eigenvalue weighted by molar-refractivity contribution is -0.149. The van der Waals surface area contributed by atoms with Crippen molar-refractivity contribution in [2.24, 2.45) is 5.92 Å². The predicted molar refractivity (Wildman–Crippen MR) is 102 cm³/mol. The van der Waals surface area contributed by atoms with Gasteiger partial charge in [-0.05, 0) is 32.1 Å². The Bertz CT molecular complexity index is 299. The van der Waals surface area contributed by atoms with Gasteiger partial charge in [-0.15, -0.1) is 0 Å². The lowest BCUT2D eigenvalue weighted by Gasteiger charge is -2.10. The van der Waals surface area contributed by atoms with Gasteiger partial charge in [-0.1, -0.05) is 77.4 Å². The van der Waals surface area contributed by atoms with E-state index in [1.54, 1.807) is 0 Å². The molecular formula is C21H40O3. The van der Waals surface area contributed by atoms with Gasteiger partial charge in [-0.25, -0.2) is 0 Å². The monoisotopic (exact) mass is 340 g/mol. The van der Waals surface area contributed by atoms with Crippen molar-refractivity contribution in [3.63, 3.8) is 0 Å². The fraction of sp³-hybridized carbons (Fsp3) is 0.857. The molecule has 1 unspecified atom stereocenters. The third-order valence-corrected chi connectivity index (χ3v) is 4.39. The topological polar surface area (TPSA) is 46.5 Å². The molecule has 0 spiro atoms. The summed E-state index contributed by atoms with van der Waals surface area (Å²) in [7, 11) is 0. The zero-order chi connectivity index (χ0) is 17.9. The molecule has 0 aliphatic heterocycles. The van der Waals surface area contributed by atoms with Crippen molar-refractivity contribution in [2.75, 3.05) is 13.2 Å². The second kappa shape index (κ2) is 18.5. The van der Waals surface area contributed by atoms with Crippen LogP contribution in [0.5, 0.6) is 0 Å². The van der Waals surface area contributed by atoms with Crippen molar-refractivity contribution in [2.45, 2.75) is 97.3 Å². The maximum atomic E-state index is 11.5. The summed E-state index contributed by atoms with van der Waals surface area (Å²) in [5.74, 6) is -0.226. The van der Waals surface area contributed by atoms with Gasteiger partial charge in [0.25, 0.3) is 0 Å². The Balaban J connectivity index is 3.29. The van der Waals surface area contributed by atoms with Crippen molar-refractivity contribution in [3.05, 3.63) is 12.2 Å². The first-order chi connectivity index (χ1) is 11.7. The Labute approximate surface area is 149 Å². The van der Waals surface area contributed by atoms with E-state index >= 15 is 0 Å². The molecule has 0 saturated heterocycles. The molecule has 0 heterocycles. The minimum atomic E-state index is -0.179. The number of aliphatic hydroxyl groups is 1. The van der Waals surface area contributed by atoms with Crippen LogP contribution in [0.2, 0.25) is 0 Å². The number of esters is 1. The summed E-state index contributed by atoms with van der Waals surface area (Å²) in [6.07, 6.45) is 21.0. The number of unbranched alkanes of at least 4 members (excludes halogenated alkanes) is 10. The van der Waals surface area contributed by atoms with Gasteiger partial charge in [0.2, 0.25) is 0 Å². The van der Waals surface area contributed by atoms with E-state index in [-0.39, 0.29) is 25.1 Å². The third kappa shape index (κ3) is 16.0. The highest BCUT2D eigenvalue weighted by Crippen LogP contribution is 2.13. The van der Waals surface area contributed by atoms with Crippen molar-refractivity contribution >= 4 is 5.97 Å². The van der Waals surface area contributed by atoms with Crippen LogP contribution in [0.15, 0.2) is 12.2 Å². The molecule has 0 aromatic heterocycles. The molecule has 0 aliphatic carbocycles.